The summed E-state index contributed by atoms with van der Waals surface area (Å²) in [5.74, 6) is 1.90. The molecule has 130 valence electrons. The first-order chi connectivity index (χ1) is 12.1. The predicted molar refractivity (Wildman–Crippen MR) is 92.1 cm³/mol. The van der Waals surface area contributed by atoms with Crippen molar-refractivity contribution >= 4 is 11.7 Å². The number of ketones is 1. The highest BCUT2D eigenvalue weighted by Crippen LogP contribution is 2.47. The van der Waals surface area contributed by atoms with E-state index in [-0.39, 0.29) is 11.7 Å². The van der Waals surface area contributed by atoms with Crippen LogP contribution in [-0.4, -0.2) is 25.2 Å². The lowest BCUT2D eigenvalue weighted by Crippen LogP contribution is -2.26. The number of aryl methyl sites for hydroxylation is 1. The zero-order valence-corrected chi connectivity index (χ0v) is 14.5. The third kappa shape index (κ3) is 2.40. The van der Waals surface area contributed by atoms with E-state index in [0.717, 1.165) is 40.9 Å². The molecule has 1 aromatic carbocycles. The number of nitrogens with zero attached hydrogens (tertiary/aromatic N) is 1. The average Bonchev–Trinajstić information content (AvgIpc) is 3.00. The Kier molecular flexibility index (Phi) is 3.75. The maximum Gasteiger partial charge on any atom is 0.233 e. The first-order valence-electron chi connectivity index (χ1n) is 8.35. The number of ether oxygens (including phenoxy) is 2. The Morgan fingerprint density at radius 2 is 2.00 bits per heavy atom. The number of anilines is 1. The number of rotatable bonds is 3. The fourth-order valence-electron chi connectivity index (χ4n) is 3.78. The van der Waals surface area contributed by atoms with Gasteiger partial charge in [0.25, 0.3) is 0 Å². The topological polar surface area (TPSA) is 73.6 Å². The molecule has 6 heteroatoms. The minimum absolute atomic E-state index is 0.180. The number of fused-ring (bicyclic) bond motifs is 1. The van der Waals surface area contributed by atoms with Gasteiger partial charge in [-0.3, -0.25) is 4.79 Å². The van der Waals surface area contributed by atoms with E-state index < -0.39 is 0 Å². The summed E-state index contributed by atoms with van der Waals surface area (Å²) >= 11 is 0. The highest BCUT2D eigenvalue weighted by atomic mass is 16.5. The van der Waals surface area contributed by atoms with E-state index in [1.807, 2.05) is 25.1 Å². The summed E-state index contributed by atoms with van der Waals surface area (Å²) in [7, 11) is 3.21. The van der Waals surface area contributed by atoms with Gasteiger partial charge < -0.3 is 19.3 Å². The number of carbonyl (C=O) groups is 1. The third-order valence-corrected chi connectivity index (χ3v) is 4.95. The lowest BCUT2D eigenvalue weighted by molar-refractivity contribution is -0.116. The Morgan fingerprint density at radius 3 is 2.76 bits per heavy atom. The van der Waals surface area contributed by atoms with Crippen molar-refractivity contribution in [2.75, 3.05) is 19.5 Å². The Hall–Kier alpha value is -2.76. The van der Waals surface area contributed by atoms with Crippen molar-refractivity contribution in [2.24, 2.45) is 0 Å². The Bertz CT molecular complexity index is 882. The molecule has 1 atom stereocenters. The van der Waals surface area contributed by atoms with Crippen molar-refractivity contribution in [2.45, 2.75) is 32.1 Å². The summed E-state index contributed by atoms with van der Waals surface area (Å²) < 4.78 is 16.2. The molecule has 1 aliphatic carbocycles. The van der Waals surface area contributed by atoms with Crippen LogP contribution >= 0.6 is 0 Å². The van der Waals surface area contributed by atoms with Gasteiger partial charge in [-0.05, 0) is 37.5 Å². The van der Waals surface area contributed by atoms with E-state index in [1.165, 1.54) is 0 Å². The SMILES string of the molecule is COc1ccc(C2C3=C(CCCC3=O)Nc3onc(C)c32)cc1OC. The predicted octanol–water partition coefficient (Wildman–Crippen LogP) is 3.56. The molecule has 0 bridgehead atoms. The molecule has 1 aliphatic heterocycles. The number of carbonyl (C=O) groups excluding carboxylic acids is 1. The number of benzene rings is 1. The van der Waals surface area contributed by atoms with Gasteiger partial charge in [-0.2, -0.15) is 0 Å². The van der Waals surface area contributed by atoms with Gasteiger partial charge in [0, 0.05) is 23.6 Å². The Morgan fingerprint density at radius 1 is 1.20 bits per heavy atom. The van der Waals surface area contributed by atoms with Crippen LogP contribution in [0.4, 0.5) is 5.88 Å². The minimum atomic E-state index is -0.204. The average molecular weight is 340 g/mol. The zero-order chi connectivity index (χ0) is 17.6. The maximum absolute atomic E-state index is 12.7. The van der Waals surface area contributed by atoms with Gasteiger partial charge in [0.15, 0.2) is 17.3 Å². The second-order valence-corrected chi connectivity index (χ2v) is 6.35. The second-order valence-electron chi connectivity index (χ2n) is 6.35. The second kappa shape index (κ2) is 5.95. The van der Waals surface area contributed by atoms with Gasteiger partial charge in [-0.1, -0.05) is 11.2 Å². The van der Waals surface area contributed by atoms with Crippen LogP contribution in [0.1, 0.15) is 42.0 Å². The van der Waals surface area contributed by atoms with Crippen LogP contribution in [0.15, 0.2) is 34.0 Å². The van der Waals surface area contributed by atoms with Crippen LogP contribution in [-0.2, 0) is 4.79 Å². The lowest BCUT2D eigenvalue weighted by Gasteiger charge is -2.31. The molecule has 2 aromatic rings. The van der Waals surface area contributed by atoms with E-state index in [9.17, 15) is 4.79 Å². The molecule has 1 aromatic heterocycles. The third-order valence-electron chi connectivity index (χ3n) is 4.95. The standard InChI is InChI=1S/C19H20N2O4/c1-10-16-17(11-7-8-14(23-2)15(9-11)24-3)18-12(5-4-6-13(18)22)20-19(16)25-21-10/h7-9,17,20H,4-6H2,1-3H3. The van der Waals surface area contributed by atoms with Gasteiger partial charge in [0.2, 0.25) is 5.88 Å². The van der Waals surface area contributed by atoms with Gasteiger partial charge in [-0.15, -0.1) is 0 Å². The summed E-state index contributed by atoms with van der Waals surface area (Å²) in [5, 5.41) is 7.38. The Balaban J connectivity index is 1.92. The van der Waals surface area contributed by atoms with Crippen molar-refractivity contribution < 1.29 is 18.8 Å². The van der Waals surface area contributed by atoms with Gasteiger partial charge in [0.1, 0.15) is 0 Å². The summed E-state index contributed by atoms with van der Waals surface area (Å²) in [6.07, 6.45) is 2.26. The molecule has 0 spiro atoms. The smallest absolute Gasteiger partial charge is 0.233 e. The number of nitrogens with one attached hydrogen (secondary N) is 1. The molecule has 2 aliphatic rings. The molecule has 25 heavy (non-hydrogen) atoms. The van der Waals surface area contributed by atoms with Gasteiger partial charge in [-0.25, -0.2) is 0 Å². The molecule has 1 N–H and O–H groups in total. The first kappa shape index (κ1) is 15.7. The van der Waals surface area contributed by atoms with E-state index in [2.05, 4.69) is 10.5 Å². The van der Waals surface area contributed by atoms with Gasteiger partial charge in [0.05, 0.1) is 25.5 Å². The van der Waals surface area contributed by atoms with Crippen molar-refractivity contribution in [3.63, 3.8) is 0 Å². The molecule has 4 rings (SSSR count). The number of aromatic nitrogens is 1. The quantitative estimate of drug-likeness (QED) is 0.921. The molecule has 2 heterocycles. The van der Waals surface area contributed by atoms with E-state index >= 15 is 0 Å². The summed E-state index contributed by atoms with van der Waals surface area (Å²) in [6, 6.07) is 5.77. The number of allylic oxidation sites excluding steroid dienone is 2. The summed E-state index contributed by atoms with van der Waals surface area (Å²) in [5.41, 5.74) is 4.43. The van der Waals surface area contributed by atoms with Crippen molar-refractivity contribution in [3.05, 3.63) is 46.3 Å². The normalized spacial score (nSPS) is 19.2. The molecule has 0 fully saturated rings. The van der Waals surface area contributed by atoms with Crippen LogP contribution in [0, 0.1) is 6.92 Å². The van der Waals surface area contributed by atoms with Crippen molar-refractivity contribution in [3.8, 4) is 11.5 Å². The van der Waals surface area contributed by atoms with Gasteiger partial charge >= 0.3 is 0 Å². The monoisotopic (exact) mass is 340 g/mol. The highest BCUT2D eigenvalue weighted by Gasteiger charge is 2.38. The van der Waals surface area contributed by atoms with Crippen molar-refractivity contribution in [1.29, 1.82) is 0 Å². The van der Waals surface area contributed by atoms with Crippen LogP contribution in [0.25, 0.3) is 0 Å². The van der Waals surface area contributed by atoms with Crippen molar-refractivity contribution in [1.82, 2.24) is 5.16 Å². The van der Waals surface area contributed by atoms with Crippen LogP contribution < -0.4 is 14.8 Å². The summed E-state index contributed by atoms with van der Waals surface area (Å²) in [6.45, 7) is 1.90. The minimum Gasteiger partial charge on any atom is -0.493 e. The maximum atomic E-state index is 12.7. The Labute approximate surface area is 145 Å². The number of Topliss-reactive ketones (excluding diaryl/α,β-unsaturated/α-hetero) is 1. The fourth-order valence-corrected chi connectivity index (χ4v) is 3.78. The van der Waals surface area contributed by atoms with E-state index in [4.69, 9.17) is 14.0 Å². The molecular weight excluding hydrogens is 320 g/mol. The molecule has 0 saturated heterocycles. The molecule has 0 radical (unpaired) electrons. The van der Waals surface area contributed by atoms with Crippen LogP contribution in [0.2, 0.25) is 0 Å². The largest absolute Gasteiger partial charge is 0.493 e. The fraction of sp³-hybridized carbons (Fsp3) is 0.368. The van der Waals surface area contributed by atoms with E-state index in [1.54, 1.807) is 14.2 Å². The highest BCUT2D eigenvalue weighted by molar-refractivity contribution is 6.01. The molecule has 1 unspecified atom stereocenters. The molecule has 0 amide bonds. The number of hydrogen-bond acceptors (Lipinski definition) is 6. The van der Waals surface area contributed by atoms with Crippen LogP contribution in [0.5, 0.6) is 11.5 Å². The molecular formula is C19H20N2O4. The first-order valence-corrected chi connectivity index (χ1v) is 8.35. The van der Waals surface area contributed by atoms with Crippen LogP contribution in [0.3, 0.4) is 0 Å². The zero-order valence-electron chi connectivity index (χ0n) is 14.5. The summed E-state index contributed by atoms with van der Waals surface area (Å²) in [4.78, 5) is 12.7. The number of hydrogen-bond donors (Lipinski definition) is 1. The lowest BCUT2D eigenvalue weighted by atomic mass is 9.76. The number of methoxy groups -OCH3 is 2. The molecule has 6 nitrogen and oxygen atoms in total. The molecule has 0 saturated carbocycles. The van der Waals surface area contributed by atoms with E-state index in [0.29, 0.717) is 23.8 Å².